The van der Waals surface area contributed by atoms with Gasteiger partial charge in [0.05, 0.1) is 11.8 Å². The van der Waals surface area contributed by atoms with E-state index < -0.39 is 29.6 Å². The molecule has 8 nitrogen and oxygen atoms in total. The number of nitrogens with zero attached hydrogens (tertiary/aromatic N) is 2. The second kappa shape index (κ2) is 8.85. The van der Waals surface area contributed by atoms with Crippen molar-refractivity contribution in [3.63, 3.8) is 0 Å². The van der Waals surface area contributed by atoms with E-state index in [2.05, 4.69) is 20.6 Å². The summed E-state index contributed by atoms with van der Waals surface area (Å²) in [7, 11) is 0. The number of alkyl halides is 3. The van der Waals surface area contributed by atoms with Gasteiger partial charge in [-0.15, -0.1) is 0 Å². The summed E-state index contributed by atoms with van der Waals surface area (Å²) >= 11 is 0. The number of anilines is 2. The van der Waals surface area contributed by atoms with Crippen molar-refractivity contribution in [2.75, 3.05) is 10.6 Å². The van der Waals surface area contributed by atoms with Gasteiger partial charge in [-0.25, -0.2) is 9.97 Å². The number of furan rings is 1. The van der Waals surface area contributed by atoms with Gasteiger partial charge in [0.1, 0.15) is 23.1 Å². The third-order valence-electron chi connectivity index (χ3n) is 4.93. The molecule has 174 valence electrons. The molecule has 0 bridgehead atoms. The van der Waals surface area contributed by atoms with Crippen LogP contribution < -0.4 is 16.4 Å². The number of fused-ring (bicyclic) bond motifs is 1. The molecule has 0 aliphatic carbocycles. The Bertz CT molecular complexity index is 1370. The second-order valence-electron chi connectivity index (χ2n) is 7.43. The Hall–Kier alpha value is -4.41. The normalized spacial score (nSPS) is 12.4. The molecule has 2 aromatic carbocycles. The minimum Gasteiger partial charge on any atom is -0.464 e. The van der Waals surface area contributed by atoms with Crippen LogP contribution in [0, 0.1) is 0 Å². The van der Waals surface area contributed by atoms with Gasteiger partial charge in [-0.3, -0.25) is 9.59 Å². The molecule has 2 aromatic heterocycles. The molecule has 0 saturated heterocycles. The lowest BCUT2D eigenvalue weighted by molar-refractivity contribution is -0.137. The topological polar surface area (TPSA) is 123 Å². The summed E-state index contributed by atoms with van der Waals surface area (Å²) < 4.78 is 43.7. The first-order valence-electron chi connectivity index (χ1n) is 10.0. The maximum Gasteiger partial charge on any atom is 0.416 e. The fourth-order valence-electron chi connectivity index (χ4n) is 3.10. The molecule has 4 aromatic rings. The van der Waals surface area contributed by atoms with Crippen LogP contribution in [-0.2, 0) is 11.0 Å². The van der Waals surface area contributed by atoms with Gasteiger partial charge in [0, 0.05) is 22.7 Å². The number of carbonyl (C=O) groups excluding carboxylic acids is 2. The van der Waals surface area contributed by atoms with Gasteiger partial charge in [-0.05, 0) is 55.5 Å². The monoisotopic (exact) mass is 469 g/mol. The molecule has 11 heteroatoms. The zero-order valence-electron chi connectivity index (χ0n) is 17.7. The third-order valence-corrected chi connectivity index (χ3v) is 4.93. The van der Waals surface area contributed by atoms with E-state index in [4.69, 9.17) is 10.2 Å². The van der Waals surface area contributed by atoms with E-state index in [-0.39, 0.29) is 23.0 Å². The maximum absolute atomic E-state index is 12.9. The number of nitrogens with two attached hydrogens (primary N) is 1. The van der Waals surface area contributed by atoms with Gasteiger partial charge >= 0.3 is 6.18 Å². The van der Waals surface area contributed by atoms with Crippen molar-refractivity contribution < 1.29 is 27.2 Å². The van der Waals surface area contributed by atoms with Crippen molar-refractivity contribution in [3.8, 4) is 11.4 Å². The minimum absolute atomic E-state index is 0.0728. The smallest absolute Gasteiger partial charge is 0.416 e. The molecule has 0 saturated carbocycles. The van der Waals surface area contributed by atoms with Crippen LogP contribution in [0.4, 0.5) is 24.7 Å². The fraction of sp³-hybridized carbons (Fsp3) is 0.130. The molecule has 0 aliphatic rings. The average molecular weight is 469 g/mol. The van der Waals surface area contributed by atoms with Crippen molar-refractivity contribution in [3.05, 3.63) is 72.1 Å². The molecule has 1 atom stereocenters. The number of nitrogens with one attached hydrogen (secondary N) is 2. The molecule has 2 amide bonds. The Balaban J connectivity index is 1.67. The molecule has 0 radical (unpaired) electrons. The van der Waals surface area contributed by atoms with E-state index in [1.165, 1.54) is 19.3 Å². The van der Waals surface area contributed by atoms with Crippen molar-refractivity contribution in [2.45, 2.75) is 19.1 Å². The number of halogens is 3. The number of primary amides is 1. The number of carbonyl (C=O) groups is 2. The number of hydrogen-bond acceptors (Lipinski definition) is 6. The predicted molar refractivity (Wildman–Crippen MR) is 119 cm³/mol. The molecule has 0 fully saturated rings. The van der Waals surface area contributed by atoms with Crippen LogP contribution in [-0.4, -0.2) is 27.8 Å². The van der Waals surface area contributed by atoms with E-state index in [0.717, 1.165) is 29.7 Å². The summed E-state index contributed by atoms with van der Waals surface area (Å²) in [5.41, 5.74) is 5.78. The lowest BCUT2D eigenvalue weighted by Gasteiger charge is -2.14. The van der Waals surface area contributed by atoms with Crippen molar-refractivity contribution in [2.24, 2.45) is 5.73 Å². The highest BCUT2D eigenvalue weighted by atomic mass is 19.4. The summed E-state index contributed by atoms with van der Waals surface area (Å²) in [6, 6.07) is 11.5. The van der Waals surface area contributed by atoms with Crippen molar-refractivity contribution in [1.29, 1.82) is 0 Å². The van der Waals surface area contributed by atoms with Gasteiger partial charge in [0.25, 0.3) is 5.91 Å². The highest BCUT2D eigenvalue weighted by Crippen LogP contribution is 2.30. The van der Waals surface area contributed by atoms with Crippen LogP contribution in [0.2, 0.25) is 0 Å². The Morgan fingerprint density at radius 2 is 1.76 bits per heavy atom. The Kier molecular flexibility index (Phi) is 5.93. The molecule has 4 N–H and O–H groups in total. The van der Waals surface area contributed by atoms with Crippen LogP contribution in [0.25, 0.3) is 22.4 Å². The highest BCUT2D eigenvalue weighted by molar-refractivity contribution is 6.03. The van der Waals surface area contributed by atoms with Gasteiger partial charge in [-0.1, -0.05) is 0 Å². The van der Waals surface area contributed by atoms with Crippen LogP contribution >= 0.6 is 0 Å². The SMILES string of the molecule is CC(Nc1cc(C(=O)Nc2ccc(C(F)(F)F)cc2)nc(-c2ccc3occc3c2)n1)C(N)=O. The molecular weight excluding hydrogens is 451 g/mol. The largest absolute Gasteiger partial charge is 0.464 e. The number of hydrogen-bond donors (Lipinski definition) is 3. The molecule has 2 heterocycles. The lowest BCUT2D eigenvalue weighted by Crippen LogP contribution is -2.33. The molecule has 34 heavy (non-hydrogen) atoms. The first-order valence-corrected chi connectivity index (χ1v) is 10.0. The van der Waals surface area contributed by atoms with Crippen LogP contribution in [0.5, 0.6) is 0 Å². The molecular formula is C23H18F3N5O3. The van der Waals surface area contributed by atoms with E-state index in [0.29, 0.717) is 11.1 Å². The number of amides is 2. The maximum atomic E-state index is 12.9. The van der Waals surface area contributed by atoms with Crippen molar-refractivity contribution >= 4 is 34.3 Å². The van der Waals surface area contributed by atoms with E-state index in [1.807, 2.05) is 0 Å². The molecule has 0 aliphatic heterocycles. The first kappa shape index (κ1) is 22.8. The number of aromatic nitrogens is 2. The zero-order chi connectivity index (χ0) is 24.5. The molecule has 1 unspecified atom stereocenters. The fourth-order valence-corrected chi connectivity index (χ4v) is 3.10. The Morgan fingerprint density at radius 1 is 1.03 bits per heavy atom. The zero-order valence-corrected chi connectivity index (χ0v) is 17.7. The minimum atomic E-state index is -4.49. The third kappa shape index (κ3) is 4.98. The number of rotatable bonds is 6. The predicted octanol–water partition coefficient (Wildman–Crippen LogP) is 4.45. The van der Waals surface area contributed by atoms with Gasteiger partial charge in [0.15, 0.2) is 5.82 Å². The molecule has 4 rings (SSSR count). The van der Waals surface area contributed by atoms with Gasteiger partial charge < -0.3 is 20.8 Å². The van der Waals surface area contributed by atoms with Crippen LogP contribution in [0.15, 0.2) is 65.3 Å². The Morgan fingerprint density at radius 3 is 2.44 bits per heavy atom. The lowest BCUT2D eigenvalue weighted by atomic mass is 10.1. The highest BCUT2D eigenvalue weighted by Gasteiger charge is 2.30. The second-order valence-corrected chi connectivity index (χ2v) is 7.43. The van der Waals surface area contributed by atoms with Gasteiger partial charge in [0.2, 0.25) is 5.91 Å². The summed E-state index contributed by atoms with van der Waals surface area (Å²) in [5.74, 6) is -0.957. The van der Waals surface area contributed by atoms with E-state index >= 15 is 0 Å². The Labute approximate surface area is 191 Å². The summed E-state index contributed by atoms with van der Waals surface area (Å²) in [6.07, 6.45) is -2.96. The first-order chi connectivity index (χ1) is 16.1. The van der Waals surface area contributed by atoms with Crippen molar-refractivity contribution in [1.82, 2.24) is 9.97 Å². The number of benzene rings is 2. The van der Waals surface area contributed by atoms with Crippen LogP contribution in [0.1, 0.15) is 23.0 Å². The van der Waals surface area contributed by atoms with E-state index in [9.17, 15) is 22.8 Å². The van der Waals surface area contributed by atoms with Crippen LogP contribution in [0.3, 0.4) is 0 Å². The standard InChI is InChI=1S/C23H18F3N5O3/c1-12(20(27)32)28-19-11-17(22(33)29-16-5-3-15(4-6-16)23(24,25)26)30-21(31-19)14-2-7-18-13(10-14)8-9-34-18/h2-12H,1H3,(H2,27,32)(H,29,33)(H,28,30,31). The molecule has 0 spiro atoms. The summed E-state index contributed by atoms with van der Waals surface area (Å²) in [6.45, 7) is 1.53. The summed E-state index contributed by atoms with van der Waals surface area (Å²) in [5, 5.41) is 6.12. The van der Waals surface area contributed by atoms with Gasteiger partial charge in [-0.2, -0.15) is 13.2 Å². The summed E-state index contributed by atoms with van der Waals surface area (Å²) in [4.78, 5) is 33.0. The average Bonchev–Trinajstić information content (AvgIpc) is 3.26. The van der Waals surface area contributed by atoms with E-state index in [1.54, 1.807) is 24.3 Å². The quantitative estimate of drug-likeness (QED) is 0.384.